The van der Waals surface area contributed by atoms with E-state index in [2.05, 4.69) is 15.8 Å². The van der Waals surface area contributed by atoms with Gasteiger partial charge < -0.3 is 10.1 Å². The highest BCUT2D eigenvalue weighted by molar-refractivity contribution is 6.30. The summed E-state index contributed by atoms with van der Waals surface area (Å²) in [6.45, 7) is -0.198. The molecular formula is C22H18ClN3O3. The fourth-order valence-electron chi connectivity index (χ4n) is 2.37. The first-order valence-electron chi connectivity index (χ1n) is 8.79. The molecule has 0 atom stereocenters. The predicted molar refractivity (Wildman–Crippen MR) is 112 cm³/mol. The molecule has 0 heterocycles. The van der Waals surface area contributed by atoms with Crippen LogP contribution in [-0.4, -0.2) is 24.6 Å². The molecule has 3 rings (SSSR count). The number of rotatable bonds is 7. The van der Waals surface area contributed by atoms with E-state index in [9.17, 15) is 9.59 Å². The topological polar surface area (TPSA) is 79.8 Å². The van der Waals surface area contributed by atoms with Gasteiger partial charge in [-0.1, -0.05) is 41.9 Å². The quantitative estimate of drug-likeness (QED) is 0.458. The minimum atomic E-state index is -0.444. The highest BCUT2D eigenvalue weighted by Gasteiger charge is 2.07. The first-order valence-corrected chi connectivity index (χ1v) is 9.16. The first-order chi connectivity index (χ1) is 14.1. The molecule has 29 heavy (non-hydrogen) atoms. The molecule has 0 saturated heterocycles. The number of nitrogens with zero attached hydrogens (tertiary/aromatic N) is 1. The van der Waals surface area contributed by atoms with E-state index < -0.39 is 5.91 Å². The normalized spacial score (nSPS) is 10.5. The Morgan fingerprint density at radius 2 is 1.66 bits per heavy atom. The highest BCUT2D eigenvalue weighted by atomic mass is 35.5. The molecule has 0 aromatic heterocycles. The molecule has 0 saturated carbocycles. The Kier molecular flexibility index (Phi) is 6.97. The Morgan fingerprint density at radius 3 is 2.41 bits per heavy atom. The van der Waals surface area contributed by atoms with E-state index in [4.69, 9.17) is 16.3 Å². The largest absolute Gasteiger partial charge is 0.457 e. The van der Waals surface area contributed by atoms with Gasteiger partial charge in [-0.05, 0) is 54.1 Å². The Labute approximate surface area is 173 Å². The van der Waals surface area contributed by atoms with Gasteiger partial charge in [-0.15, -0.1) is 0 Å². The molecule has 0 bridgehead atoms. The summed E-state index contributed by atoms with van der Waals surface area (Å²) < 4.78 is 5.76. The van der Waals surface area contributed by atoms with Crippen LogP contribution >= 0.6 is 11.6 Å². The van der Waals surface area contributed by atoms with E-state index >= 15 is 0 Å². The number of hydrogen-bond donors (Lipinski definition) is 2. The van der Waals surface area contributed by atoms with E-state index in [-0.39, 0.29) is 12.5 Å². The molecule has 146 valence electrons. The summed E-state index contributed by atoms with van der Waals surface area (Å²) in [6, 6.07) is 23.1. The number of carbonyl (C=O) groups is 2. The molecule has 3 aromatic carbocycles. The van der Waals surface area contributed by atoms with Crippen molar-refractivity contribution in [1.82, 2.24) is 10.7 Å². The maximum absolute atomic E-state index is 12.0. The number of para-hydroxylation sites is 1. The van der Waals surface area contributed by atoms with E-state index in [1.807, 2.05) is 48.5 Å². The average molecular weight is 408 g/mol. The Balaban J connectivity index is 1.48. The van der Waals surface area contributed by atoms with E-state index in [0.717, 1.165) is 11.3 Å². The SMILES string of the molecule is O=C(CNC(=O)c1ccc(Cl)cc1)N/N=C/c1cccc(Oc2ccccc2)c1. The van der Waals surface area contributed by atoms with Crippen molar-refractivity contribution < 1.29 is 14.3 Å². The van der Waals surface area contributed by atoms with Crippen molar-refractivity contribution in [2.75, 3.05) is 6.54 Å². The molecule has 2 amide bonds. The molecule has 0 fully saturated rings. The zero-order valence-corrected chi connectivity index (χ0v) is 16.1. The third-order valence-electron chi connectivity index (χ3n) is 3.76. The smallest absolute Gasteiger partial charge is 0.259 e. The van der Waals surface area contributed by atoms with Gasteiger partial charge in [0.2, 0.25) is 0 Å². The monoisotopic (exact) mass is 407 g/mol. The summed E-state index contributed by atoms with van der Waals surface area (Å²) in [5, 5.41) is 6.95. The number of carbonyl (C=O) groups excluding carboxylic acids is 2. The molecule has 2 N–H and O–H groups in total. The van der Waals surface area contributed by atoms with Crippen molar-refractivity contribution in [2.45, 2.75) is 0 Å². The highest BCUT2D eigenvalue weighted by Crippen LogP contribution is 2.21. The van der Waals surface area contributed by atoms with Gasteiger partial charge in [-0.2, -0.15) is 5.10 Å². The second-order valence-electron chi connectivity index (χ2n) is 5.97. The van der Waals surface area contributed by atoms with E-state index in [1.54, 1.807) is 30.3 Å². The minimum Gasteiger partial charge on any atom is -0.457 e. The lowest BCUT2D eigenvalue weighted by atomic mass is 10.2. The first kappa shape index (κ1) is 20.1. The van der Waals surface area contributed by atoms with Crippen molar-refractivity contribution in [3.05, 3.63) is 95.0 Å². The van der Waals surface area contributed by atoms with Crippen LogP contribution in [-0.2, 0) is 4.79 Å². The zero-order chi connectivity index (χ0) is 20.5. The number of benzene rings is 3. The lowest BCUT2D eigenvalue weighted by molar-refractivity contribution is -0.120. The van der Waals surface area contributed by atoms with Crippen molar-refractivity contribution in [3.8, 4) is 11.5 Å². The average Bonchev–Trinajstić information content (AvgIpc) is 2.73. The second kappa shape index (κ2) is 10.1. The van der Waals surface area contributed by atoms with Crippen molar-refractivity contribution >= 4 is 29.6 Å². The molecule has 0 aliphatic carbocycles. The number of hydrogen-bond acceptors (Lipinski definition) is 4. The Morgan fingerprint density at radius 1 is 0.931 bits per heavy atom. The number of amides is 2. The van der Waals surface area contributed by atoms with Crippen LogP contribution in [0.2, 0.25) is 5.02 Å². The van der Waals surface area contributed by atoms with Crippen LogP contribution in [0.1, 0.15) is 15.9 Å². The van der Waals surface area contributed by atoms with Crippen LogP contribution < -0.4 is 15.5 Å². The molecular weight excluding hydrogens is 390 g/mol. The summed E-state index contributed by atoms with van der Waals surface area (Å²) in [6.07, 6.45) is 1.50. The van der Waals surface area contributed by atoms with Crippen LogP contribution in [0, 0.1) is 0 Å². The second-order valence-corrected chi connectivity index (χ2v) is 6.41. The Hall–Kier alpha value is -3.64. The molecule has 0 spiro atoms. The molecule has 7 heteroatoms. The number of nitrogens with one attached hydrogen (secondary N) is 2. The van der Waals surface area contributed by atoms with Gasteiger partial charge in [0, 0.05) is 10.6 Å². The number of hydrazone groups is 1. The summed E-state index contributed by atoms with van der Waals surface area (Å²) >= 11 is 5.78. The van der Waals surface area contributed by atoms with Gasteiger partial charge in [0.05, 0.1) is 12.8 Å². The summed E-state index contributed by atoms with van der Waals surface area (Å²) in [4.78, 5) is 23.8. The van der Waals surface area contributed by atoms with Gasteiger partial charge in [0.15, 0.2) is 0 Å². The van der Waals surface area contributed by atoms with Crippen LogP contribution in [0.25, 0.3) is 0 Å². The third kappa shape index (κ3) is 6.48. The lowest BCUT2D eigenvalue weighted by Gasteiger charge is -2.06. The molecule has 0 aliphatic rings. The maximum Gasteiger partial charge on any atom is 0.259 e. The van der Waals surface area contributed by atoms with Gasteiger partial charge in [0.1, 0.15) is 11.5 Å². The fourth-order valence-corrected chi connectivity index (χ4v) is 2.49. The zero-order valence-electron chi connectivity index (χ0n) is 15.3. The van der Waals surface area contributed by atoms with Crippen LogP contribution in [0.15, 0.2) is 84.0 Å². The number of halogens is 1. The number of ether oxygens (including phenoxy) is 1. The summed E-state index contributed by atoms with van der Waals surface area (Å²) in [5.74, 6) is 0.569. The maximum atomic E-state index is 12.0. The molecule has 0 unspecified atom stereocenters. The van der Waals surface area contributed by atoms with Gasteiger partial charge >= 0.3 is 0 Å². The van der Waals surface area contributed by atoms with Gasteiger partial charge in [0.25, 0.3) is 11.8 Å². The van der Waals surface area contributed by atoms with Crippen LogP contribution in [0.5, 0.6) is 11.5 Å². The standard InChI is InChI=1S/C22H18ClN3O3/c23-18-11-9-17(10-12-18)22(28)24-15-21(27)26-25-14-16-5-4-8-20(13-16)29-19-6-2-1-3-7-19/h1-14H,15H2,(H,24,28)(H,26,27)/b25-14+. The minimum absolute atomic E-state index is 0.198. The van der Waals surface area contributed by atoms with E-state index in [1.165, 1.54) is 6.21 Å². The molecule has 3 aromatic rings. The molecule has 0 radical (unpaired) electrons. The summed E-state index contributed by atoms with van der Waals surface area (Å²) in [7, 11) is 0. The van der Waals surface area contributed by atoms with E-state index in [0.29, 0.717) is 16.3 Å². The van der Waals surface area contributed by atoms with Gasteiger partial charge in [-0.25, -0.2) is 5.43 Å². The summed E-state index contributed by atoms with van der Waals surface area (Å²) in [5.41, 5.74) is 3.54. The van der Waals surface area contributed by atoms with Gasteiger partial charge in [-0.3, -0.25) is 9.59 Å². The molecule has 0 aliphatic heterocycles. The van der Waals surface area contributed by atoms with Crippen molar-refractivity contribution in [3.63, 3.8) is 0 Å². The Bertz CT molecular complexity index is 1010. The molecule has 6 nitrogen and oxygen atoms in total. The lowest BCUT2D eigenvalue weighted by Crippen LogP contribution is -2.34. The van der Waals surface area contributed by atoms with Crippen LogP contribution in [0.3, 0.4) is 0 Å². The predicted octanol–water partition coefficient (Wildman–Crippen LogP) is 4.01. The van der Waals surface area contributed by atoms with Crippen molar-refractivity contribution in [2.24, 2.45) is 5.10 Å². The van der Waals surface area contributed by atoms with Crippen LogP contribution in [0.4, 0.5) is 0 Å². The third-order valence-corrected chi connectivity index (χ3v) is 4.01. The fraction of sp³-hybridized carbons (Fsp3) is 0.0455. The van der Waals surface area contributed by atoms with Crippen molar-refractivity contribution in [1.29, 1.82) is 0 Å².